The lowest BCUT2D eigenvalue weighted by Gasteiger charge is -2.35. The summed E-state index contributed by atoms with van der Waals surface area (Å²) in [5.41, 5.74) is 11.9. The topological polar surface area (TPSA) is 160 Å². The molecule has 10 heteroatoms. The summed E-state index contributed by atoms with van der Waals surface area (Å²) in [5.74, 6) is -0.165. The fraction of sp³-hybridized carbons (Fsp3) is 0.826. The van der Waals surface area contributed by atoms with Crippen molar-refractivity contribution in [2.24, 2.45) is 33.9 Å². The van der Waals surface area contributed by atoms with Gasteiger partial charge in [-0.05, 0) is 63.2 Å². The number of hydrogen-bond donors (Lipinski definition) is 4. The van der Waals surface area contributed by atoms with Crippen LogP contribution in [0.2, 0.25) is 0 Å². The summed E-state index contributed by atoms with van der Waals surface area (Å²) in [6.45, 7) is 8.35. The maximum absolute atomic E-state index is 13.4. The van der Waals surface area contributed by atoms with Crippen molar-refractivity contribution in [1.29, 1.82) is 0 Å². The Bertz CT molecular complexity index is 727. The number of Topliss-reactive ketones (excluding diaryl/α,β-unsaturated/α-hetero) is 1. The van der Waals surface area contributed by atoms with E-state index in [1.54, 1.807) is 11.8 Å². The van der Waals surface area contributed by atoms with Gasteiger partial charge < -0.3 is 31.6 Å². The summed E-state index contributed by atoms with van der Waals surface area (Å²) in [5, 5.41) is 14.7. The number of amidine groups is 1. The standard InChI is InChI=1S/C23H41N5O5/c1-5-33-22(31)26-16(13-23(2,3)4)21(30)28-12-6-7-17(28)19(29)18(24)14-8-10-15(11-9-14)20(25)27-32/h14-18,32H,5-13,24H2,1-4H3,(H2,25,27)(H,26,31)/t14?,15?,16-,17+,18?/m1/s1. The molecule has 0 radical (unpaired) electrons. The Hall–Kier alpha value is -2.36. The molecule has 1 unspecified atom stereocenters. The lowest BCUT2D eigenvalue weighted by Crippen LogP contribution is -2.56. The molecule has 1 heterocycles. The van der Waals surface area contributed by atoms with Gasteiger partial charge in [-0.2, -0.15) is 0 Å². The van der Waals surface area contributed by atoms with E-state index in [2.05, 4.69) is 10.5 Å². The predicted octanol–water partition coefficient (Wildman–Crippen LogP) is 1.98. The molecule has 1 aliphatic carbocycles. The fourth-order valence-corrected chi connectivity index (χ4v) is 4.96. The maximum atomic E-state index is 13.4. The molecule has 0 aromatic rings. The third-order valence-corrected chi connectivity index (χ3v) is 6.69. The molecule has 0 aromatic heterocycles. The number of carbonyl (C=O) groups is 3. The zero-order valence-electron chi connectivity index (χ0n) is 20.4. The van der Waals surface area contributed by atoms with Crippen molar-refractivity contribution in [2.75, 3.05) is 13.2 Å². The summed E-state index contributed by atoms with van der Waals surface area (Å²) < 4.78 is 4.98. The third kappa shape index (κ3) is 7.31. The molecule has 0 aromatic carbocycles. The molecule has 0 spiro atoms. The van der Waals surface area contributed by atoms with Gasteiger partial charge >= 0.3 is 6.09 Å². The van der Waals surface area contributed by atoms with Gasteiger partial charge in [0.15, 0.2) is 5.78 Å². The largest absolute Gasteiger partial charge is 0.450 e. The van der Waals surface area contributed by atoms with E-state index in [0.717, 1.165) is 0 Å². The minimum atomic E-state index is -0.773. The van der Waals surface area contributed by atoms with Crippen LogP contribution in [0, 0.1) is 17.3 Å². The number of ether oxygens (including phenoxy) is 1. The molecule has 0 bridgehead atoms. The van der Waals surface area contributed by atoms with Gasteiger partial charge in [-0.3, -0.25) is 9.59 Å². The number of nitrogens with zero attached hydrogens (tertiary/aromatic N) is 2. The van der Waals surface area contributed by atoms with E-state index in [1.165, 1.54) is 0 Å². The zero-order chi connectivity index (χ0) is 24.8. The van der Waals surface area contributed by atoms with Crippen LogP contribution in [-0.4, -0.2) is 65.0 Å². The quantitative estimate of drug-likeness (QED) is 0.184. The third-order valence-electron chi connectivity index (χ3n) is 6.69. The van der Waals surface area contributed by atoms with Crippen LogP contribution in [0.15, 0.2) is 5.16 Å². The normalized spacial score (nSPS) is 25.9. The van der Waals surface area contributed by atoms with Crippen LogP contribution in [0.1, 0.15) is 72.6 Å². The molecule has 6 N–H and O–H groups in total. The SMILES string of the molecule is CCOC(=O)N[C@H](CC(C)(C)C)C(=O)N1CCC[C@H]1C(=O)C(N)C1CCC(/C(N)=N\O)CC1. The number of carbonyl (C=O) groups excluding carboxylic acids is 3. The Morgan fingerprint density at radius 1 is 1.18 bits per heavy atom. The predicted molar refractivity (Wildman–Crippen MR) is 125 cm³/mol. The molecule has 3 atom stereocenters. The van der Waals surface area contributed by atoms with Crippen molar-refractivity contribution in [3.63, 3.8) is 0 Å². The van der Waals surface area contributed by atoms with E-state index >= 15 is 0 Å². The molecule has 1 aliphatic heterocycles. The van der Waals surface area contributed by atoms with Crippen LogP contribution in [0.3, 0.4) is 0 Å². The Balaban J connectivity index is 2.08. The highest BCUT2D eigenvalue weighted by molar-refractivity contribution is 5.95. The Labute approximate surface area is 196 Å². The molecular formula is C23H41N5O5. The first-order valence-electron chi connectivity index (χ1n) is 12.0. The van der Waals surface area contributed by atoms with Gasteiger partial charge in [-0.25, -0.2) is 4.79 Å². The summed E-state index contributed by atoms with van der Waals surface area (Å²) in [4.78, 5) is 40.4. The first-order valence-corrected chi connectivity index (χ1v) is 12.0. The van der Waals surface area contributed by atoms with E-state index in [-0.39, 0.29) is 41.4 Å². The van der Waals surface area contributed by atoms with Gasteiger partial charge in [0.05, 0.1) is 18.7 Å². The zero-order valence-corrected chi connectivity index (χ0v) is 20.4. The summed E-state index contributed by atoms with van der Waals surface area (Å²) in [6, 6.07) is -2.03. The van der Waals surface area contributed by atoms with E-state index < -0.39 is 24.2 Å². The van der Waals surface area contributed by atoms with E-state index in [1.807, 2.05) is 20.8 Å². The fourth-order valence-electron chi connectivity index (χ4n) is 4.96. The number of ketones is 1. The molecule has 2 aliphatic rings. The highest BCUT2D eigenvalue weighted by Gasteiger charge is 2.42. The van der Waals surface area contributed by atoms with Crippen molar-refractivity contribution in [2.45, 2.75) is 90.8 Å². The number of likely N-dealkylation sites (tertiary alicyclic amines) is 1. The number of amides is 2. The van der Waals surface area contributed by atoms with Crippen molar-refractivity contribution in [3.8, 4) is 0 Å². The van der Waals surface area contributed by atoms with Crippen LogP contribution in [0.5, 0.6) is 0 Å². The maximum Gasteiger partial charge on any atom is 0.407 e. The number of rotatable bonds is 8. The van der Waals surface area contributed by atoms with Gasteiger partial charge in [-0.15, -0.1) is 0 Å². The van der Waals surface area contributed by atoms with Gasteiger partial charge in [-0.1, -0.05) is 25.9 Å². The van der Waals surface area contributed by atoms with E-state index in [0.29, 0.717) is 51.5 Å². The van der Waals surface area contributed by atoms with Gasteiger partial charge in [0, 0.05) is 12.5 Å². The molecule has 10 nitrogen and oxygen atoms in total. The van der Waals surface area contributed by atoms with Crippen LogP contribution < -0.4 is 16.8 Å². The van der Waals surface area contributed by atoms with Crippen molar-refractivity contribution in [1.82, 2.24) is 10.2 Å². The molecule has 1 saturated carbocycles. The first-order chi connectivity index (χ1) is 15.5. The average molecular weight is 468 g/mol. The second kappa shape index (κ2) is 11.7. The smallest absolute Gasteiger partial charge is 0.407 e. The van der Waals surface area contributed by atoms with E-state index in [9.17, 15) is 14.4 Å². The lowest BCUT2D eigenvalue weighted by atomic mass is 9.76. The average Bonchev–Trinajstić information content (AvgIpc) is 3.25. The van der Waals surface area contributed by atoms with Crippen molar-refractivity contribution >= 4 is 23.6 Å². The Kier molecular flexibility index (Phi) is 9.51. The minimum absolute atomic E-state index is 0.000763. The number of nitrogens with one attached hydrogen (secondary N) is 1. The monoisotopic (exact) mass is 467 g/mol. The van der Waals surface area contributed by atoms with Crippen molar-refractivity contribution in [3.05, 3.63) is 0 Å². The molecule has 2 amide bonds. The number of nitrogens with two attached hydrogens (primary N) is 2. The number of alkyl carbamates (subject to hydrolysis) is 1. The summed E-state index contributed by atoms with van der Waals surface area (Å²) in [6.07, 6.45) is 3.92. The number of hydrogen-bond acceptors (Lipinski definition) is 7. The van der Waals surface area contributed by atoms with Crippen LogP contribution in [0.25, 0.3) is 0 Å². The van der Waals surface area contributed by atoms with Gasteiger partial charge in [0.2, 0.25) is 5.91 Å². The second-order valence-corrected chi connectivity index (χ2v) is 10.4. The molecular weight excluding hydrogens is 426 g/mol. The highest BCUT2D eigenvalue weighted by atomic mass is 16.5. The van der Waals surface area contributed by atoms with Crippen molar-refractivity contribution < 1.29 is 24.3 Å². The Morgan fingerprint density at radius 3 is 2.36 bits per heavy atom. The minimum Gasteiger partial charge on any atom is -0.450 e. The lowest BCUT2D eigenvalue weighted by molar-refractivity contribution is -0.140. The summed E-state index contributed by atoms with van der Waals surface area (Å²) in [7, 11) is 0. The molecule has 188 valence electrons. The van der Waals surface area contributed by atoms with Crippen LogP contribution in [0.4, 0.5) is 4.79 Å². The highest BCUT2D eigenvalue weighted by Crippen LogP contribution is 2.33. The second-order valence-electron chi connectivity index (χ2n) is 10.4. The van der Waals surface area contributed by atoms with E-state index in [4.69, 9.17) is 21.4 Å². The molecule has 2 fully saturated rings. The molecule has 1 saturated heterocycles. The van der Waals surface area contributed by atoms with Crippen LogP contribution in [-0.2, 0) is 14.3 Å². The van der Waals surface area contributed by atoms with Gasteiger partial charge in [0.1, 0.15) is 11.9 Å². The number of oxime groups is 1. The van der Waals surface area contributed by atoms with Gasteiger partial charge in [0.25, 0.3) is 0 Å². The molecule has 2 rings (SSSR count). The Morgan fingerprint density at radius 2 is 1.82 bits per heavy atom. The molecule has 33 heavy (non-hydrogen) atoms. The summed E-state index contributed by atoms with van der Waals surface area (Å²) >= 11 is 0. The first kappa shape index (κ1) is 26.9. The van der Waals surface area contributed by atoms with Crippen LogP contribution >= 0.6 is 0 Å².